The molecule has 4 heteroatoms. The quantitative estimate of drug-likeness (QED) is 0.594. The van der Waals surface area contributed by atoms with Gasteiger partial charge in [0.2, 0.25) is 0 Å². The number of hydrogen-bond donors (Lipinski definition) is 0. The molecular weight excluding hydrogens is 339 g/mol. The molecule has 1 aliphatic heterocycles. The van der Waals surface area contributed by atoms with Crippen molar-refractivity contribution in [2.45, 2.75) is 26.1 Å². The average molecular weight is 361 g/mol. The SMILES string of the molecule is CCC/C=C/[C@H]1CO[C@H](c2ccc(-c3ccc(Cl)c(F)c3)cc2)OC1. The Labute approximate surface area is 153 Å². The Morgan fingerprint density at radius 1 is 1.08 bits per heavy atom. The van der Waals surface area contributed by atoms with Gasteiger partial charge in [-0.3, -0.25) is 0 Å². The first-order valence-electron chi connectivity index (χ1n) is 8.62. The van der Waals surface area contributed by atoms with Crippen LogP contribution in [0.25, 0.3) is 11.1 Å². The molecular formula is C21H22ClFO2. The van der Waals surface area contributed by atoms with E-state index in [-0.39, 0.29) is 11.3 Å². The van der Waals surface area contributed by atoms with Crippen LogP contribution in [-0.2, 0) is 9.47 Å². The first kappa shape index (κ1) is 18.1. The molecule has 2 aromatic rings. The van der Waals surface area contributed by atoms with Gasteiger partial charge in [0.25, 0.3) is 0 Å². The van der Waals surface area contributed by atoms with Crippen LogP contribution in [-0.4, -0.2) is 13.2 Å². The number of ether oxygens (including phenoxy) is 2. The Kier molecular flexibility index (Phi) is 6.24. The third-order valence-corrected chi connectivity index (χ3v) is 4.53. The standard InChI is InChI=1S/C21H22ClFO2/c1-2-3-4-5-15-13-24-21(25-14-15)17-8-6-16(7-9-17)18-10-11-19(22)20(23)12-18/h4-12,15,21H,2-3,13-14H2,1H3/b5-4+/t15-,21-. The fourth-order valence-corrected chi connectivity index (χ4v) is 2.90. The zero-order valence-corrected chi connectivity index (χ0v) is 15.0. The van der Waals surface area contributed by atoms with Crippen LogP contribution in [0.15, 0.2) is 54.6 Å². The summed E-state index contributed by atoms with van der Waals surface area (Å²) in [6, 6.07) is 12.6. The van der Waals surface area contributed by atoms with Gasteiger partial charge in [-0.05, 0) is 29.7 Å². The molecule has 0 aromatic heterocycles. The van der Waals surface area contributed by atoms with E-state index in [4.69, 9.17) is 21.1 Å². The molecule has 3 rings (SSSR count). The lowest BCUT2D eigenvalue weighted by Crippen LogP contribution is -2.25. The van der Waals surface area contributed by atoms with E-state index in [0.29, 0.717) is 19.1 Å². The summed E-state index contributed by atoms with van der Waals surface area (Å²) < 4.78 is 25.3. The topological polar surface area (TPSA) is 18.5 Å². The normalized spacial score (nSPS) is 20.9. The molecule has 1 heterocycles. The summed E-state index contributed by atoms with van der Waals surface area (Å²) in [5.74, 6) is -0.0940. The summed E-state index contributed by atoms with van der Waals surface area (Å²) in [4.78, 5) is 0. The number of rotatable bonds is 5. The van der Waals surface area contributed by atoms with Crippen LogP contribution in [0.1, 0.15) is 31.6 Å². The van der Waals surface area contributed by atoms with Crippen molar-refractivity contribution in [3.8, 4) is 11.1 Å². The van der Waals surface area contributed by atoms with Crippen molar-refractivity contribution < 1.29 is 13.9 Å². The molecule has 2 nitrogen and oxygen atoms in total. The molecule has 1 aliphatic rings. The molecule has 0 atom stereocenters. The molecule has 1 saturated heterocycles. The summed E-state index contributed by atoms with van der Waals surface area (Å²) in [6.07, 6.45) is 6.27. The highest BCUT2D eigenvalue weighted by atomic mass is 35.5. The second-order valence-electron chi connectivity index (χ2n) is 6.23. The number of halogens is 2. The highest BCUT2D eigenvalue weighted by Crippen LogP contribution is 2.29. The molecule has 0 bridgehead atoms. The van der Waals surface area contributed by atoms with Crippen LogP contribution in [0, 0.1) is 11.7 Å². The lowest BCUT2D eigenvalue weighted by Gasteiger charge is -2.28. The van der Waals surface area contributed by atoms with Crippen molar-refractivity contribution >= 4 is 11.6 Å². The minimum absolute atomic E-state index is 0.131. The Hall–Kier alpha value is -1.68. The van der Waals surface area contributed by atoms with Gasteiger partial charge in [0, 0.05) is 11.5 Å². The molecule has 25 heavy (non-hydrogen) atoms. The summed E-state index contributed by atoms with van der Waals surface area (Å²) in [7, 11) is 0. The van der Waals surface area contributed by atoms with Crippen LogP contribution >= 0.6 is 11.6 Å². The van der Waals surface area contributed by atoms with Gasteiger partial charge in [-0.1, -0.05) is 67.4 Å². The van der Waals surface area contributed by atoms with Crippen LogP contribution in [0.5, 0.6) is 0 Å². The van der Waals surface area contributed by atoms with Crippen molar-refractivity contribution in [1.29, 1.82) is 0 Å². The Bertz CT molecular complexity index is 719. The van der Waals surface area contributed by atoms with Gasteiger partial charge in [-0.15, -0.1) is 0 Å². The van der Waals surface area contributed by atoms with Gasteiger partial charge in [-0.2, -0.15) is 0 Å². The van der Waals surface area contributed by atoms with Gasteiger partial charge in [0.15, 0.2) is 6.29 Å². The summed E-state index contributed by atoms with van der Waals surface area (Å²) >= 11 is 5.73. The summed E-state index contributed by atoms with van der Waals surface area (Å²) in [5, 5.41) is 0.131. The van der Waals surface area contributed by atoms with Crippen LogP contribution < -0.4 is 0 Å². The molecule has 132 valence electrons. The second-order valence-corrected chi connectivity index (χ2v) is 6.63. The minimum Gasteiger partial charge on any atom is -0.348 e. The molecule has 0 saturated carbocycles. The molecule has 0 spiro atoms. The zero-order chi connectivity index (χ0) is 17.6. The van der Waals surface area contributed by atoms with Gasteiger partial charge in [0.1, 0.15) is 5.82 Å². The van der Waals surface area contributed by atoms with Gasteiger partial charge in [-0.25, -0.2) is 4.39 Å². The predicted octanol–water partition coefficient (Wildman–Crippen LogP) is 6.16. The Morgan fingerprint density at radius 2 is 1.76 bits per heavy atom. The maximum Gasteiger partial charge on any atom is 0.183 e. The molecule has 0 radical (unpaired) electrons. The Morgan fingerprint density at radius 3 is 2.40 bits per heavy atom. The number of benzene rings is 2. The first-order chi connectivity index (χ1) is 12.2. The van der Waals surface area contributed by atoms with E-state index in [1.807, 2.05) is 24.3 Å². The maximum atomic E-state index is 13.6. The van der Waals surface area contributed by atoms with Crippen molar-refractivity contribution in [3.05, 3.63) is 71.0 Å². The third kappa shape index (κ3) is 4.69. The minimum atomic E-state index is -0.413. The highest BCUT2D eigenvalue weighted by Gasteiger charge is 2.21. The maximum absolute atomic E-state index is 13.6. The lowest BCUT2D eigenvalue weighted by molar-refractivity contribution is -0.197. The lowest BCUT2D eigenvalue weighted by atomic mass is 10.0. The molecule has 0 amide bonds. The van der Waals surface area contributed by atoms with Crippen molar-refractivity contribution in [1.82, 2.24) is 0 Å². The highest BCUT2D eigenvalue weighted by molar-refractivity contribution is 6.30. The molecule has 0 N–H and O–H groups in total. The smallest absolute Gasteiger partial charge is 0.183 e. The zero-order valence-electron chi connectivity index (χ0n) is 14.3. The van der Waals surface area contributed by atoms with Gasteiger partial charge < -0.3 is 9.47 Å². The van der Waals surface area contributed by atoms with E-state index in [1.165, 1.54) is 6.07 Å². The van der Waals surface area contributed by atoms with E-state index in [0.717, 1.165) is 29.5 Å². The molecule has 1 fully saturated rings. The summed E-state index contributed by atoms with van der Waals surface area (Å²) in [5.41, 5.74) is 2.68. The van der Waals surface area contributed by atoms with Crippen molar-refractivity contribution in [3.63, 3.8) is 0 Å². The molecule has 2 aromatic carbocycles. The largest absolute Gasteiger partial charge is 0.348 e. The van der Waals surface area contributed by atoms with Gasteiger partial charge >= 0.3 is 0 Å². The fraction of sp³-hybridized carbons (Fsp3) is 0.333. The number of allylic oxidation sites excluding steroid dienone is 1. The average Bonchev–Trinajstić information content (AvgIpc) is 2.65. The van der Waals surface area contributed by atoms with Crippen LogP contribution in [0.3, 0.4) is 0 Å². The van der Waals surface area contributed by atoms with E-state index in [2.05, 4.69) is 19.1 Å². The van der Waals surface area contributed by atoms with E-state index < -0.39 is 5.82 Å². The fourth-order valence-electron chi connectivity index (χ4n) is 2.79. The van der Waals surface area contributed by atoms with Gasteiger partial charge in [0.05, 0.1) is 18.2 Å². The number of unbranched alkanes of at least 4 members (excludes halogenated alkanes) is 1. The third-order valence-electron chi connectivity index (χ3n) is 4.22. The molecule has 0 aliphatic carbocycles. The van der Waals surface area contributed by atoms with E-state index >= 15 is 0 Å². The predicted molar refractivity (Wildman–Crippen MR) is 99.0 cm³/mol. The molecule has 0 unspecified atom stereocenters. The van der Waals surface area contributed by atoms with E-state index in [1.54, 1.807) is 12.1 Å². The van der Waals surface area contributed by atoms with Crippen molar-refractivity contribution in [2.24, 2.45) is 5.92 Å². The second kappa shape index (κ2) is 8.61. The van der Waals surface area contributed by atoms with E-state index in [9.17, 15) is 4.39 Å². The summed E-state index contributed by atoms with van der Waals surface area (Å²) in [6.45, 7) is 3.49. The Balaban J connectivity index is 1.62. The van der Waals surface area contributed by atoms with Crippen LogP contribution in [0.2, 0.25) is 5.02 Å². The monoisotopic (exact) mass is 360 g/mol. The van der Waals surface area contributed by atoms with Crippen molar-refractivity contribution in [2.75, 3.05) is 13.2 Å². The first-order valence-corrected chi connectivity index (χ1v) is 9.00. The number of hydrogen-bond acceptors (Lipinski definition) is 2. The van der Waals surface area contributed by atoms with Crippen LogP contribution in [0.4, 0.5) is 4.39 Å².